The van der Waals surface area contributed by atoms with Crippen molar-refractivity contribution in [2.24, 2.45) is 27.9 Å². The van der Waals surface area contributed by atoms with E-state index in [-0.39, 0.29) is 43.9 Å². The number of phenols is 1. The molecule has 13 N–H and O–H groups in total. The van der Waals surface area contributed by atoms with Crippen molar-refractivity contribution >= 4 is 47.3 Å². The molecule has 0 saturated heterocycles. The quantitative estimate of drug-likeness (QED) is 0.0495. The number of carbonyl (C=O) groups is 5. The largest absolute Gasteiger partial charge is 0.508 e. The highest BCUT2D eigenvalue weighted by atomic mass is 32.2. The van der Waals surface area contributed by atoms with E-state index in [1.807, 2.05) is 0 Å². The summed E-state index contributed by atoms with van der Waals surface area (Å²) in [6.45, 7) is 0.134. The second-order valence-electron chi connectivity index (χ2n) is 8.90. The van der Waals surface area contributed by atoms with Crippen LogP contribution in [0.15, 0.2) is 29.3 Å². The Bertz CT molecular complexity index is 1050. The van der Waals surface area contributed by atoms with Gasteiger partial charge in [-0.25, -0.2) is 4.79 Å². The van der Waals surface area contributed by atoms with Crippen LogP contribution in [-0.4, -0.2) is 88.5 Å². The summed E-state index contributed by atoms with van der Waals surface area (Å²) in [6.07, 6.45) is 1.71. The molecular weight excluding hydrogens is 544 g/mol. The average molecular weight is 583 g/mol. The zero-order valence-electron chi connectivity index (χ0n) is 22.2. The lowest BCUT2D eigenvalue weighted by Gasteiger charge is -2.24. The zero-order valence-corrected chi connectivity index (χ0v) is 23.0. The van der Waals surface area contributed by atoms with Gasteiger partial charge in [-0.2, -0.15) is 11.8 Å². The van der Waals surface area contributed by atoms with Crippen molar-refractivity contribution in [1.82, 2.24) is 16.0 Å². The highest BCUT2D eigenvalue weighted by Gasteiger charge is 2.31. The van der Waals surface area contributed by atoms with Gasteiger partial charge in [0.15, 0.2) is 5.96 Å². The standard InChI is InChI=1S/C24H38N8O7S/c1-40-10-8-16(30-20(35)15(25)11-13-4-6-14(33)7-5-13)21(36)32-18(12-19(26)34)22(37)31-17(23(38)39)3-2-9-29-24(27)28/h4-7,15-18,33H,2-3,8-12,25H2,1H3,(H2,26,34)(H,30,35)(H,31,37)(H,32,36)(H,38,39)(H4,27,28,29). The Hall–Kier alpha value is -4.05. The minimum absolute atomic E-state index is 0.0274. The van der Waals surface area contributed by atoms with E-state index in [0.29, 0.717) is 11.3 Å². The van der Waals surface area contributed by atoms with Gasteiger partial charge < -0.3 is 49.1 Å². The molecule has 4 atom stereocenters. The van der Waals surface area contributed by atoms with Gasteiger partial charge in [-0.05, 0) is 55.4 Å². The molecule has 4 amide bonds. The summed E-state index contributed by atoms with van der Waals surface area (Å²) < 4.78 is 0. The number of thioether (sulfide) groups is 1. The summed E-state index contributed by atoms with van der Waals surface area (Å²) in [5.74, 6) is -4.24. The first-order chi connectivity index (χ1) is 18.8. The van der Waals surface area contributed by atoms with Gasteiger partial charge >= 0.3 is 5.97 Å². The van der Waals surface area contributed by atoms with E-state index in [1.54, 1.807) is 18.4 Å². The Morgan fingerprint density at radius 2 is 1.48 bits per heavy atom. The van der Waals surface area contributed by atoms with E-state index < -0.39 is 60.2 Å². The van der Waals surface area contributed by atoms with Gasteiger partial charge in [0.2, 0.25) is 23.6 Å². The molecule has 1 rings (SSSR count). The first kappa shape index (κ1) is 34.0. The van der Waals surface area contributed by atoms with Gasteiger partial charge in [0, 0.05) is 6.54 Å². The number of hydrogen-bond acceptors (Lipinski definition) is 9. The van der Waals surface area contributed by atoms with Crippen LogP contribution in [0.3, 0.4) is 0 Å². The van der Waals surface area contributed by atoms with Gasteiger partial charge in [-0.1, -0.05) is 12.1 Å². The number of amides is 4. The fraction of sp³-hybridized carbons (Fsp3) is 0.500. The van der Waals surface area contributed by atoms with E-state index in [4.69, 9.17) is 22.9 Å². The topological polar surface area (TPSA) is 278 Å². The lowest BCUT2D eigenvalue weighted by atomic mass is 10.0. The fourth-order valence-corrected chi connectivity index (χ4v) is 3.95. The van der Waals surface area contributed by atoms with Crippen LogP contribution in [0.2, 0.25) is 0 Å². The minimum Gasteiger partial charge on any atom is -0.508 e. The Balaban J connectivity index is 2.93. The van der Waals surface area contributed by atoms with Gasteiger partial charge in [0.1, 0.15) is 23.9 Å². The van der Waals surface area contributed by atoms with Crippen molar-refractivity contribution in [2.45, 2.75) is 56.3 Å². The number of rotatable bonds is 18. The molecular formula is C24H38N8O7S. The predicted molar refractivity (Wildman–Crippen MR) is 150 cm³/mol. The maximum absolute atomic E-state index is 13.1. The lowest BCUT2D eigenvalue weighted by molar-refractivity contribution is -0.142. The summed E-state index contributed by atoms with van der Waals surface area (Å²) in [6, 6.07) is 1.16. The van der Waals surface area contributed by atoms with Crippen molar-refractivity contribution in [3.63, 3.8) is 0 Å². The van der Waals surface area contributed by atoms with Gasteiger partial charge in [0.25, 0.3) is 0 Å². The molecule has 0 spiro atoms. The Morgan fingerprint density at radius 1 is 0.900 bits per heavy atom. The highest BCUT2D eigenvalue weighted by Crippen LogP contribution is 2.11. The molecule has 0 fully saturated rings. The molecule has 1 aromatic carbocycles. The number of carboxylic acids is 1. The molecule has 16 heteroatoms. The van der Waals surface area contributed by atoms with E-state index >= 15 is 0 Å². The summed E-state index contributed by atoms with van der Waals surface area (Å²) in [5, 5.41) is 26.1. The van der Waals surface area contributed by atoms with Crippen LogP contribution >= 0.6 is 11.8 Å². The van der Waals surface area contributed by atoms with Crippen molar-refractivity contribution in [3.8, 4) is 5.75 Å². The molecule has 1 aromatic rings. The summed E-state index contributed by atoms with van der Waals surface area (Å²) in [7, 11) is 0. The van der Waals surface area contributed by atoms with Crippen LogP contribution in [0, 0.1) is 0 Å². The number of hydrogen-bond donors (Lipinski definition) is 9. The molecule has 4 unspecified atom stereocenters. The maximum atomic E-state index is 13.1. The number of primary amides is 1. The minimum atomic E-state index is -1.50. The number of guanidine groups is 1. The molecule has 0 radical (unpaired) electrons. The monoisotopic (exact) mass is 582 g/mol. The maximum Gasteiger partial charge on any atom is 0.326 e. The van der Waals surface area contributed by atoms with E-state index in [2.05, 4.69) is 20.9 Å². The number of nitrogens with two attached hydrogens (primary N) is 4. The second kappa shape index (κ2) is 17.5. The molecule has 40 heavy (non-hydrogen) atoms. The third-order valence-corrected chi connectivity index (χ3v) is 6.21. The summed E-state index contributed by atoms with van der Waals surface area (Å²) >= 11 is 1.42. The fourth-order valence-electron chi connectivity index (χ4n) is 3.48. The SMILES string of the molecule is CSCCC(NC(=O)C(N)Cc1ccc(O)cc1)C(=O)NC(CC(N)=O)C(=O)NC(CCCN=C(N)N)C(=O)O. The first-order valence-electron chi connectivity index (χ1n) is 12.3. The third-order valence-electron chi connectivity index (χ3n) is 5.57. The van der Waals surface area contributed by atoms with E-state index in [0.717, 1.165) is 0 Å². The van der Waals surface area contributed by atoms with E-state index in [9.17, 15) is 34.2 Å². The molecule has 222 valence electrons. The number of aliphatic carboxylic acids is 1. The van der Waals surface area contributed by atoms with Gasteiger partial charge in [-0.3, -0.25) is 24.2 Å². The molecule has 0 aliphatic carbocycles. The first-order valence-corrected chi connectivity index (χ1v) is 13.7. The normalized spacial score (nSPS) is 13.7. The Labute approximate surface area is 235 Å². The number of benzene rings is 1. The van der Waals surface area contributed by atoms with Crippen LogP contribution in [0.4, 0.5) is 0 Å². The Morgan fingerprint density at radius 3 is 2.02 bits per heavy atom. The molecule has 0 heterocycles. The summed E-state index contributed by atoms with van der Waals surface area (Å²) in [5.41, 5.74) is 22.4. The number of phenolic OH excluding ortho intramolecular Hbond substituents is 1. The zero-order chi connectivity index (χ0) is 30.2. The average Bonchev–Trinajstić information content (AvgIpc) is 2.88. The number of carboxylic acid groups (broad SMARTS) is 1. The predicted octanol–water partition coefficient (Wildman–Crippen LogP) is -2.52. The van der Waals surface area contributed by atoms with Crippen molar-refractivity contribution in [2.75, 3.05) is 18.6 Å². The number of nitrogens with zero attached hydrogens (tertiary/aromatic N) is 1. The van der Waals surface area contributed by atoms with Crippen molar-refractivity contribution in [3.05, 3.63) is 29.8 Å². The summed E-state index contributed by atoms with van der Waals surface area (Å²) in [4.78, 5) is 65.7. The van der Waals surface area contributed by atoms with Gasteiger partial charge in [0.05, 0.1) is 12.5 Å². The molecule has 0 saturated carbocycles. The van der Waals surface area contributed by atoms with Crippen LogP contribution in [0.1, 0.15) is 31.2 Å². The number of aromatic hydroxyl groups is 1. The molecule has 0 aliphatic rings. The molecule has 0 aliphatic heterocycles. The molecule has 0 bridgehead atoms. The number of aliphatic imine (C=N–C) groups is 1. The number of carbonyl (C=O) groups excluding carboxylic acids is 4. The second-order valence-corrected chi connectivity index (χ2v) is 9.89. The van der Waals surface area contributed by atoms with Crippen LogP contribution in [0.5, 0.6) is 5.75 Å². The lowest BCUT2D eigenvalue weighted by Crippen LogP contribution is -2.58. The van der Waals surface area contributed by atoms with Crippen molar-refractivity contribution < 1.29 is 34.2 Å². The van der Waals surface area contributed by atoms with Crippen LogP contribution in [-0.2, 0) is 30.4 Å². The van der Waals surface area contributed by atoms with Gasteiger partial charge in [-0.15, -0.1) is 0 Å². The van der Waals surface area contributed by atoms with E-state index in [1.165, 1.54) is 23.9 Å². The molecule has 0 aromatic heterocycles. The highest BCUT2D eigenvalue weighted by molar-refractivity contribution is 7.98. The van der Waals surface area contributed by atoms with Crippen molar-refractivity contribution in [1.29, 1.82) is 0 Å². The third kappa shape index (κ3) is 13.1. The number of nitrogens with one attached hydrogen (secondary N) is 3. The van der Waals surface area contributed by atoms with Crippen LogP contribution in [0.25, 0.3) is 0 Å². The molecule has 15 nitrogen and oxygen atoms in total. The smallest absolute Gasteiger partial charge is 0.326 e. The van der Waals surface area contributed by atoms with Crippen LogP contribution < -0.4 is 38.9 Å². The Kier molecular flexibility index (Phi) is 14.9.